The topological polar surface area (TPSA) is 49.9 Å². The number of fused-ring (bicyclic) bond motifs is 2. The smallest absolute Gasteiger partial charge is 0.269 e. The molecule has 5 nitrogen and oxygen atoms in total. The van der Waals surface area contributed by atoms with Crippen LogP contribution in [0.3, 0.4) is 0 Å². The first-order chi connectivity index (χ1) is 15.5. The van der Waals surface area contributed by atoms with Crippen molar-refractivity contribution in [2.75, 3.05) is 22.7 Å². The first kappa shape index (κ1) is 20.8. The van der Waals surface area contributed by atoms with Crippen LogP contribution in [0.4, 0.5) is 15.8 Å². The molecule has 0 aliphatic carbocycles. The number of ether oxygens (including phenoxy) is 1. The van der Waals surface area contributed by atoms with Gasteiger partial charge in [-0.3, -0.25) is 14.5 Å². The van der Waals surface area contributed by atoms with E-state index < -0.39 is 10.7 Å². The third-order valence-electron chi connectivity index (χ3n) is 5.70. The molecule has 0 N–H and O–H groups in total. The second kappa shape index (κ2) is 7.83. The van der Waals surface area contributed by atoms with E-state index in [4.69, 9.17) is 16.3 Å². The largest absolute Gasteiger partial charge is 0.497 e. The van der Waals surface area contributed by atoms with Crippen molar-refractivity contribution in [3.05, 3.63) is 88.7 Å². The Morgan fingerprint density at radius 2 is 1.91 bits per heavy atom. The highest BCUT2D eigenvalue weighted by molar-refractivity contribution is 8.02. The molecule has 3 aromatic rings. The molecule has 2 amide bonds. The minimum atomic E-state index is -1.27. The molecule has 2 aliphatic rings. The minimum absolute atomic E-state index is 0.102. The third kappa shape index (κ3) is 3.07. The van der Waals surface area contributed by atoms with E-state index in [1.165, 1.54) is 34.9 Å². The molecule has 0 aromatic heterocycles. The lowest BCUT2D eigenvalue weighted by atomic mass is 10.0. The predicted molar refractivity (Wildman–Crippen MR) is 124 cm³/mol. The van der Waals surface area contributed by atoms with Gasteiger partial charge in [-0.1, -0.05) is 41.9 Å². The van der Waals surface area contributed by atoms with Crippen LogP contribution in [-0.2, 0) is 21.0 Å². The summed E-state index contributed by atoms with van der Waals surface area (Å²) in [6.45, 7) is 0.321. The van der Waals surface area contributed by atoms with E-state index in [1.54, 1.807) is 12.0 Å². The highest BCUT2D eigenvalue weighted by Crippen LogP contribution is 2.56. The number of rotatable bonds is 4. The summed E-state index contributed by atoms with van der Waals surface area (Å²) in [4.78, 5) is 28.9. The van der Waals surface area contributed by atoms with Crippen molar-refractivity contribution in [2.45, 2.75) is 11.4 Å². The fourth-order valence-electron chi connectivity index (χ4n) is 4.29. The van der Waals surface area contributed by atoms with Crippen LogP contribution < -0.4 is 14.5 Å². The van der Waals surface area contributed by atoms with E-state index in [1.807, 2.05) is 48.5 Å². The molecule has 162 valence electrons. The van der Waals surface area contributed by atoms with E-state index in [2.05, 4.69) is 0 Å². The van der Waals surface area contributed by atoms with Gasteiger partial charge in [0.15, 0.2) is 0 Å². The van der Waals surface area contributed by atoms with E-state index >= 15 is 0 Å². The quantitative estimate of drug-likeness (QED) is 0.542. The van der Waals surface area contributed by atoms with Crippen LogP contribution >= 0.6 is 23.4 Å². The highest BCUT2D eigenvalue weighted by atomic mass is 35.5. The molecule has 0 saturated carbocycles. The van der Waals surface area contributed by atoms with Gasteiger partial charge in [0.1, 0.15) is 11.6 Å². The average Bonchev–Trinajstić information content (AvgIpc) is 3.27. The SMILES string of the molecule is COc1cccc(CN2C(=O)[C@@]3(SCC(=O)N3c3ccc(F)c(Cl)c3)c3ccccc32)c1. The number of amides is 2. The molecule has 1 spiro atoms. The Morgan fingerprint density at radius 1 is 1.09 bits per heavy atom. The van der Waals surface area contributed by atoms with E-state index in [9.17, 15) is 14.0 Å². The lowest BCUT2D eigenvalue weighted by Crippen LogP contribution is -2.49. The molecule has 1 atom stereocenters. The molecule has 8 heteroatoms. The Morgan fingerprint density at radius 3 is 2.69 bits per heavy atom. The number of hydrogen-bond donors (Lipinski definition) is 0. The second-order valence-corrected chi connectivity index (χ2v) is 9.10. The van der Waals surface area contributed by atoms with Gasteiger partial charge in [-0.15, -0.1) is 11.8 Å². The number of halogens is 2. The molecule has 0 unspecified atom stereocenters. The maximum Gasteiger partial charge on any atom is 0.269 e. The maximum absolute atomic E-state index is 14.0. The van der Waals surface area contributed by atoms with Crippen molar-refractivity contribution in [1.29, 1.82) is 0 Å². The summed E-state index contributed by atoms with van der Waals surface area (Å²) in [6.07, 6.45) is 0. The number of carbonyl (C=O) groups excluding carboxylic acids is 2. The second-order valence-electron chi connectivity index (χ2n) is 7.52. The van der Waals surface area contributed by atoms with Crippen molar-refractivity contribution >= 4 is 46.6 Å². The fourth-order valence-corrected chi connectivity index (χ4v) is 5.82. The zero-order valence-corrected chi connectivity index (χ0v) is 18.6. The molecule has 32 heavy (non-hydrogen) atoms. The summed E-state index contributed by atoms with van der Waals surface area (Å²) in [6, 6.07) is 19.1. The molecule has 2 aliphatic heterocycles. The van der Waals surface area contributed by atoms with Crippen LogP contribution in [0.5, 0.6) is 5.75 Å². The Balaban J connectivity index is 1.63. The van der Waals surface area contributed by atoms with E-state index in [0.717, 1.165) is 16.8 Å². The Labute approximate surface area is 193 Å². The summed E-state index contributed by atoms with van der Waals surface area (Å²) in [7, 11) is 1.59. The number of anilines is 2. The normalized spacial score (nSPS) is 19.7. The third-order valence-corrected chi connectivity index (χ3v) is 7.38. The standard InChI is InChI=1S/C24H18ClFN2O3S/c1-31-17-6-4-5-15(11-17)13-27-21-8-3-2-7-18(21)24(23(27)30)28(22(29)14-32-24)16-9-10-20(26)19(25)12-16/h2-12H,13-14H2,1H3/t24-/m0/s1. The van der Waals surface area contributed by atoms with E-state index in [0.29, 0.717) is 18.0 Å². The minimum Gasteiger partial charge on any atom is -0.497 e. The zero-order valence-electron chi connectivity index (χ0n) is 17.0. The summed E-state index contributed by atoms with van der Waals surface area (Å²) in [5, 5.41) is -0.102. The molecule has 3 aromatic carbocycles. The summed E-state index contributed by atoms with van der Waals surface area (Å²) < 4.78 is 19.1. The van der Waals surface area contributed by atoms with Crippen molar-refractivity contribution in [3.8, 4) is 5.75 Å². The number of carbonyl (C=O) groups is 2. The van der Waals surface area contributed by atoms with Gasteiger partial charge >= 0.3 is 0 Å². The lowest BCUT2D eigenvalue weighted by molar-refractivity contribution is -0.123. The number of para-hydroxylation sites is 1. The van der Waals surface area contributed by atoms with Crippen molar-refractivity contribution in [1.82, 2.24) is 0 Å². The van der Waals surface area contributed by atoms with Gasteiger partial charge in [0, 0.05) is 11.3 Å². The predicted octanol–water partition coefficient (Wildman–Crippen LogP) is 4.97. The van der Waals surface area contributed by atoms with Crippen LogP contribution in [-0.4, -0.2) is 24.7 Å². The van der Waals surface area contributed by atoms with Gasteiger partial charge in [-0.25, -0.2) is 4.39 Å². The summed E-state index contributed by atoms with van der Waals surface area (Å²) in [5.41, 5.74) is 2.75. The van der Waals surface area contributed by atoms with Crippen molar-refractivity contribution in [3.63, 3.8) is 0 Å². The van der Waals surface area contributed by atoms with Crippen LogP contribution in [0.25, 0.3) is 0 Å². The fraction of sp³-hybridized carbons (Fsp3) is 0.167. The van der Waals surface area contributed by atoms with Crippen molar-refractivity contribution < 1.29 is 18.7 Å². The first-order valence-electron chi connectivity index (χ1n) is 9.92. The number of benzene rings is 3. The Bertz CT molecular complexity index is 1250. The van der Waals surface area contributed by atoms with Crippen LogP contribution in [0.1, 0.15) is 11.1 Å². The Hall–Kier alpha value is -3.03. The maximum atomic E-state index is 14.0. The van der Waals surface area contributed by atoms with Crippen LogP contribution in [0, 0.1) is 5.82 Å². The summed E-state index contributed by atoms with van der Waals surface area (Å²) >= 11 is 7.28. The van der Waals surface area contributed by atoms with Gasteiger partial charge in [0.05, 0.1) is 30.1 Å². The van der Waals surface area contributed by atoms with Gasteiger partial charge in [-0.2, -0.15) is 0 Å². The molecule has 0 radical (unpaired) electrons. The number of nitrogens with zero attached hydrogens (tertiary/aromatic N) is 2. The highest BCUT2D eigenvalue weighted by Gasteiger charge is 2.60. The van der Waals surface area contributed by atoms with Gasteiger partial charge in [-0.05, 0) is 42.0 Å². The molecule has 5 rings (SSSR count). The van der Waals surface area contributed by atoms with Crippen LogP contribution in [0.15, 0.2) is 66.7 Å². The molecule has 0 bridgehead atoms. The lowest BCUT2D eigenvalue weighted by Gasteiger charge is -2.33. The molecular formula is C24H18ClFN2O3S. The van der Waals surface area contributed by atoms with Gasteiger partial charge < -0.3 is 9.64 Å². The molecule has 2 heterocycles. The van der Waals surface area contributed by atoms with Crippen molar-refractivity contribution in [2.24, 2.45) is 0 Å². The Kier molecular flexibility index (Phi) is 5.10. The van der Waals surface area contributed by atoms with Gasteiger partial charge in [0.2, 0.25) is 10.8 Å². The molecule has 1 saturated heterocycles. The zero-order chi connectivity index (χ0) is 22.5. The number of hydrogen-bond acceptors (Lipinski definition) is 4. The monoisotopic (exact) mass is 468 g/mol. The first-order valence-corrected chi connectivity index (χ1v) is 11.3. The van der Waals surface area contributed by atoms with E-state index in [-0.39, 0.29) is 22.6 Å². The average molecular weight is 469 g/mol. The molecular weight excluding hydrogens is 451 g/mol. The number of thioether (sulfide) groups is 1. The number of methoxy groups -OCH3 is 1. The molecule has 1 fully saturated rings. The summed E-state index contributed by atoms with van der Waals surface area (Å²) in [5.74, 6) is -0.212. The van der Waals surface area contributed by atoms with Crippen LogP contribution in [0.2, 0.25) is 5.02 Å². The van der Waals surface area contributed by atoms with Gasteiger partial charge in [0.25, 0.3) is 5.91 Å².